The fraction of sp³-hybridized carbons (Fsp3) is 0.889. The van der Waals surface area contributed by atoms with E-state index in [1.165, 1.54) is 0 Å². The molecule has 0 aromatic heterocycles. The second kappa shape index (κ2) is 6.00. The lowest BCUT2D eigenvalue weighted by atomic mass is 9.87. The van der Waals surface area contributed by atoms with Gasteiger partial charge >= 0.3 is 5.97 Å². The molecule has 0 rings (SSSR count). The molecule has 0 saturated heterocycles. The molecule has 0 aliphatic carbocycles. The second-order valence-corrected chi connectivity index (χ2v) is 3.43. The van der Waals surface area contributed by atoms with Crippen molar-refractivity contribution < 1.29 is 9.90 Å². The van der Waals surface area contributed by atoms with Gasteiger partial charge in [-0.05, 0) is 12.5 Å². The first-order valence-electron chi connectivity index (χ1n) is 4.29. The van der Waals surface area contributed by atoms with Crippen molar-refractivity contribution in [2.24, 2.45) is 5.41 Å². The summed E-state index contributed by atoms with van der Waals surface area (Å²) in [6, 6.07) is -0.465. The van der Waals surface area contributed by atoms with Crippen molar-refractivity contribution in [1.82, 2.24) is 5.32 Å². The van der Waals surface area contributed by atoms with E-state index >= 15 is 0 Å². The topological polar surface area (TPSA) is 49.3 Å². The predicted octanol–water partition coefficient (Wildman–Crippen LogP) is 1.73. The van der Waals surface area contributed by atoms with Gasteiger partial charge in [0.2, 0.25) is 0 Å². The maximum atomic E-state index is 10.5. The highest BCUT2D eigenvalue weighted by Gasteiger charge is 2.28. The van der Waals surface area contributed by atoms with E-state index in [4.69, 9.17) is 5.11 Å². The van der Waals surface area contributed by atoms with Gasteiger partial charge in [-0.15, -0.1) is 0 Å². The number of hydrogen-bond donors (Lipinski definition) is 2. The number of carboxylic acids is 1. The molecule has 0 aromatic carbocycles. The van der Waals surface area contributed by atoms with E-state index < -0.39 is 12.0 Å². The molecule has 0 aromatic rings. The molecule has 74 valence electrons. The molecule has 0 spiro atoms. The van der Waals surface area contributed by atoms with Crippen LogP contribution in [0.15, 0.2) is 0 Å². The lowest BCUT2D eigenvalue weighted by Crippen LogP contribution is -2.44. The van der Waals surface area contributed by atoms with E-state index in [9.17, 15) is 4.79 Å². The fourth-order valence-electron chi connectivity index (χ4n) is 0.927. The van der Waals surface area contributed by atoms with Crippen LogP contribution >= 0.6 is 0 Å². The largest absolute Gasteiger partial charge is 0.480 e. The zero-order valence-corrected chi connectivity index (χ0v) is 8.93. The normalized spacial score (nSPS) is 12.8. The van der Waals surface area contributed by atoms with Crippen LogP contribution in [0.25, 0.3) is 0 Å². The van der Waals surface area contributed by atoms with Gasteiger partial charge in [-0.1, -0.05) is 34.6 Å². The zero-order valence-electron chi connectivity index (χ0n) is 8.93. The maximum absolute atomic E-state index is 10.5. The zero-order chi connectivity index (χ0) is 10.4. The van der Waals surface area contributed by atoms with Crippen LogP contribution < -0.4 is 5.32 Å². The van der Waals surface area contributed by atoms with Gasteiger partial charge in [0, 0.05) is 0 Å². The highest BCUT2D eigenvalue weighted by atomic mass is 16.4. The third kappa shape index (κ3) is 5.13. The smallest absolute Gasteiger partial charge is 0.321 e. The van der Waals surface area contributed by atoms with Crippen LogP contribution in [0.2, 0.25) is 0 Å². The number of likely N-dealkylation sites (N-methyl/N-ethyl adjacent to an activating group) is 1. The van der Waals surface area contributed by atoms with Crippen molar-refractivity contribution in [3.63, 3.8) is 0 Å². The highest BCUT2D eigenvalue weighted by molar-refractivity contribution is 5.74. The summed E-state index contributed by atoms with van der Waals surface area (Å²) in [5, 5.41) is 11.4. The molecule has 1 atom stereocenters. The molecule has 0 bridgehead atoms. The third-order valence-electron chi connectivity index (χ3n) is 1.40. The fourth-order valence-corrected chi connectivity index (χ4v) is 0.927. The Morgan fingerprint density at radius 3 is 1.67 bits per heavy atom. The maximum Gasteiger partial charge on any atom is 0.321 e. The number of nitrogens with one attached hydrogen (secondary N) is 1. The van der Waals surface area contributed by atoms with Crippen LogP contribution in [0.3, 0.4) is 0 Å². The lowest BCUT2D eigenvalue weighted by molar-refractivity contribution is -0.142. The Hall–Kier alpha value is -0.570. The van der Waals surface area contributed by atoms with Gasteiger partial charge in [-0.3, -0.25) is 4.79 Å². The third-order valence-corrected chi connectivity index (χ3v) is 1.40. The molecule has 2 N–H and O–H groups in total. The summed E-state index contributed by atoms with van der Waals surface area (Å²) in [6.45, 7) is 9.67. The van der Waals surface area contributed by atoms with Crippen molar-refractivity contribution in [2.45, 2.75) is 40.7 Å². The minimum absolute atomic E-state index is 0.222. The Labute approximate surface area is 75.2 Å². The first kappa shape index (κ1) is 14.0. The van der Waals surface area contributed by atoms with Crippen molar-refractivity contribution in [3.8, 4) is 0 Å². The van der Waals surface area contributed by atoms with Gasteiger partial charge in [0.1, 0.15) is 6.04 Å². The van der Waals surface area contributed by atoms with Crippen LogP contribution in [0.5, 0.6) is 0 Å². The van der Waals surface area contributed by atoms with Crippen LogP contribution in [0.4, 0.5) is 0 Å². The van der Waals surface area contributed by atoms with E-state index in [1.54, 1.807) is 7.05 Å². The minimum Gasteiger partial charge on any atom is -0.480 e. The Morgan fingerprint density at radius 1 is 1.33 bits per heavy atom. The van der Waals surface area contributed by atoms with Crippen molar-refractivity contribution in [1.29, 1.82) is 0 Å². The number of carbonyl (C=O) groups is 1. The van der Waals surface area contributed by atoms with Crippen LogP contribution in [0, 0.1) is 5.41 Å². The molecule has 0 heterocycles. The Bertz CT molecular complexity index is 127. The minimum atomic E-state index is -0.796. The van der Waals surface area contributed by atoms with Crippen molar-refractivity contribution in [2.75, 3.05) is 7.05 Å². The second-order valence-electron chi connectivity index (χ2n) is 3.43. The van der Waals surface area contributed by atoms with Gasteiger partial charge < -0.3 is 10.4 Å². The summed E-state index contributed by atoms with van der Waals surface area (Å²) in [7, 11) is 1.66. The quantitative estimate of drug-likeness (QED) is 0.672. The molecule has 1 unspecified atom stereocenters. The van der Waals surface area contributed by atoms with Gasteiger partial charge in [-0.2, -0.15) is 0 Å². The van der Waals surface area contributed by atoms with E-state index in [0.717, 1.165) is 0 Å². The molecule has 12 heavy (non-hydrogen) atoms. The van der Waals surface area contributed by atoms with Gasteiger partial charge in [0.05, 0.1) is 0 Å². The first-order valence-corrected chi connectivity index (χ1v) is 4.29. The van der Waals surface area contributed by atoms with Crippen molar-refractivity contribution >= 4 is 5.97 Å². The summed E-state index contributed by atoms with van der Waals surface area (Å²) >= 11 is 0. The number of rotatable bonds is 2. The Balaban J connectivity index is 0. The number of carboxylic acid groups (broad SMARTS) is 1. The molecule has 0 aliphatic heterocycles. The summed E-state index contributed by atoms with van der Waals surface area (Å²) < 4.78 is 0. The molecular weight excluding hydrogens is 154 g/mol. The van der Waals surface area contributed by atoms with Gasteiger partial charge in [-0.25, -0.2) is 0 Å². The summed E-state index contributed by atoms with van der Waals surface area (Å²) in [6.07, 6.45) is 0. The Morgan fingerprint density at radius 2 is 1.67 bits per heavy atom. The van der Waals surface area contributed by atoms with E-state index in [0.29, 0.717) is 0 Å². The van der Waals surface area contributed by atoms with Crippen LogP contribution in [0.1, 0.15) is 34.6 Å². The first-order chi connectivity index (χ1) is 5.39. The molecule has 0 radical (unpaired) electrons. The predicted molar refractivity (Wildman–Crippen MR) is 51.3 cm³/mol. The molecule has 3 nitrogen and oxygen atoms in total. The van der Waals surface area contributed by atoms with Gasteiger partial charge in [0.25, 0.3) is 0 Å². The summed E-state index contributed by atoms with van der Waals surface area (Å²) in [5.41, 5.74) is -0.222. The standard InChI is InChI=1S/C7H15NO2.C2H6/c1-7(2,3)5(8-4)6(9)10;1-2/h5,8H,1-4H3,(H,9,10);1-2H3. The van der Waals surface area contributed by atoms with E-state index in [2.05, 4.69) is 5.32 Å². The van der Waals surface area contributed by atoms with Crippen molar-refractivity contribution in [3.05, 3.63) is 0 Å². The molecule has 0 amide bonds. The molecule has 3 heteroatoms. The highest BCUT2D eigenvalue weighted by Crippen LogP contribution is 2.18. The molecular formula is C9H21NO2. The van der Waals surface area contributed by atoms with E-state index in [-0.39, 0.29) is 5.41 Å². The average molecular weight is 175 g/mol. The summed E-state index contributed by atoms with van der Waals surface area (Å²) in [5.74, 6) is -0.796. The van der Waals surface area contributed by atoms with Crippen LogP contribution in [-0.2, 0) is 4.79 Å². The Kier molecular flexibility index (Phi) is 6.99. The van der Waals surface area contributed by atoms with Crippen LogP contribution in [-0.4, -0.2) is 24.2 Å². The number of hydrogen-bond acceptors (Lipinski definition) is 2. The van der Waals surface area contributed by atoms with Gasteiger partial charge in [0.15, 0.2) is 0 Å². The average Bonchev–Trinajstić information content (AvgIpc) is 1.89. The lowest BCUT2D eigenvalue weighted by Gasteiger charge is -2.26. The SMILES string of the molecule is CC.CNC(C(=O)O)C(C)(C)C. The number of aliphatic carboxylic acids is 1. The molecule has 0 saturated carbocycles. The summed E-state index contributed by atoms with van der Waals surface area (Å²) in [4.78, 5) is 10.5. The van der Waals surface area contributed by atoms with E-state index in [1.807, 2.05) is 34.6 Å². The molecule has 0 fully saturated rings. The molecule has 0 aliphatic rings. The monoisotopic (exact) mass is 175 g/mol.